The van der Waals surface area contributed by atoms with Gasteiger partial charge in [-0.3, -0.25) is 0 Å². The van der Waals surface area contributed by atoms with Gasteiger partial charge in [0.2, 0.25) is 5.95 Å². The molecule has 6 heteroatoms. The molecule has 3 rings (SSSR count). The Hall–Kier alpha value is -1.78. The fourth-order valence-electron chi connectivity index (χ4n) is 2.04. The van der Waals surface area contributed by atoms with Crippen LogP contribution in [0.2, 0.25) is 10.0 Å². The van der Waals surface area contributed by atoms with Crippen LogP contribution in [0.4, 0.5) is 16.0 Å². The van der Waals surface area contributed by atoms with E-state index in [9.17, 15) is 4.39 Å². The number of hydrogen-bond acceptors (Lipinski definition) is 2. The molecule has 3 nitrogen and oxygen atoms in total. The van der Waals surface area contributed by atoms with Crippen LogP contribution >= 0.6 is 23.2 Å². The first kappa shape index (κ1) is 13.2. The third-order valence-electron chi connectivity index (χ3n) is 3.02. The minimum Gasteiger partial charge on any atom is -0.324 e. The molecule has 0 radical (unpaired) electrons. The van der Waals surface area contributed by atoms with E-state index < -0.39 is 0 Å². The van der Waals surface area contributed by atoms with Crippen molar-refractivity contribution in [2.45, 2.75) is 0 Å². The van der Waals surface area contributed by atoms with Gasteiger partial charge in [0, 0.05) is 7.05 Å². The summed E-state index contributed by atoms with van der Waals surface area (Å²) in [5.74, 6) is 0.228. The minimum atomic E-state index is -0.314. The molecule has 0 atom stereocenters. The van der Waals surface area contributed by atoms with Crippen molar-refractivity contribution < 1.29 is 4.39 Å². The van der Waals surface area contributed by atoms with Crippen molar-refractivity contribution in [2.75, 3.05) is 11.9 Å². The van der Waals surface area contributed by atoms with Crippen molar-refractivity contribution in [1.29, 1.82) is 0 Å². The third-order valence-corrected chi connectivity index (χ3v) is 3.63. The molecular formula is C14H10Cl2FN3. The number of nitrogens with one attached hydrogen (secondary N) is 1. The van der Waals surface area contributed by atoms with Gasteiger partial charge in [-0.05, 0) is 30.3 Å². The van der Waals surface area contributed by atoms with E-state index in [1.807, 2.05) is 0 Å². The SMILES string of the molecule is CN(c1nc2ccc(F)cc2[nH]1)c1c(Cl)cccc1Cl. The van der Waals surface area contributed by atoms with Crippen LogP contribution in [0.15, 0.2) is 36.4 Å². The number of benzene rings is 2. The van der Waals surface area contributed by atoms with E-state index in [0.29, 0.717) is 32.7 Å². The molecule has 0 unspecified atom stereocenters. The molecule has 102 valence electrons. The summed E-state index contributed by atoms with van der Waals surface area (Å²) in [4.78, 5) is 9.18. The second-order valence-electron chi connectivity index (χ2n) is 4.35. The van der Waals surface area contributed by atoms with Gasteiger partial charge in [-0.15, -0.1) is 0 Å². The van der Waals surface area contributed by atoms with Gasteiger partial charge >= 0.3 is 0 Å². The third kappa shape index (κ3) is 2.21. The Labute approximate surface area is 124 Å². The fraction of sp³-hybridized carbons (Fsp3) is 0.0714. The molecule has 1 aromatic heterocycles. The largest absolute Gasteiger partial charge is 0.324 e. The number of aromatic amines is 1. The molecule has 1 heterocycles. The predicted octanol–water partition coefficient (Wildman–Crippen LogP) is 4.78. The number of rotatable bonds is 2. The Morgan fingerprint density at radius 3 is 2.55 bits per heavy atom. The van der Waals surface area contributed by atoms with E-state index in [1.165, 1.54) is 12.1 Å². The number of para-hydroxylation sites is 1. The van der Waals surface area contributed by atoms with Gasteiger partial charge in [-0.2, -0.15) is 0 Å². The van der Waals surface area contributed by atoms with Crippen LogP contribution < -0.4 is 4.90 Å². The van der Waals surface area contributed by atoms with Gasteiger partial charge in [0.25, 0.3) is 0 Å². The summed E-state index contributed by atoms with van der Waals surface area (Å²) in [5.41, 5.74) is 1.95. The van der Waals surface area contributed by atoms with Crippen molar-refractivity contribution in [2.24, 2.45) is 0 Å². The van der Waals surface area contributed by atoms with Gasteiger partial charge in [-0.25, -0.2) is 9.37 Å². The van der Waals surface area contributed by atoms with Gasteiger partial charge in [0.05, 0.1) is 26.8 Å². The topological polar surface area (TPSA) is 31.9 Å². The average molecular weight is 310 g/mol. The number of nitrogens with zero attached hydrogens (tertiary/aromatic N) is 2. The summed E-state index contributed by atoms with van der Waals surface area (Å²) >= 11 is 12.3. The molecule has 0 saturated heterocycles. The highest BCUT2D eigenvalue weighted by atomic mass is 35.5. The summed E-state index contributed by atoms with van der Waals surface area (Å²) in [6.07, 6.45) is 0. The summed E-state index contributed by atoms with van der Waals surface area (Å²) in [6.45, 7) is 0. The lowest BCUT2D eigenvalue weighted by Crippen LogP contribution is -2.12. The normalized spacial score (nSPS) is 11.0. The molecule has 0 aliphatic carbocycles. The molecule has 0 aliphatic heterocycles. The van der Waals surface area contributed by atoms with Gasteiger partial charge in [-0.1, -0.05) is 29.3 Å². The highest BCUT2D eigenvalue weighted by Crippen LogP contribution is 2.36. The molecule has 0 bridgehead atoms. The van der Waals surface area contributed by atoms with Crippen LogP contribution in [-0.4, -0.2) is 17.0 Å². The molecule has 20 heavy (non-hydrogen) atoms. The summed E-state index contributed by atoms with van der Waals surface area (Å²) in [5, 5.41) is 1.04. The smallest absolute Gasteiger partial charge is 0.208 e. The van der Waals surface area contributed by atoms with Crippen LogP contribution in [0.5, 0.6) is 0 Å². The van der Waals surface area contributed by atoms with Gasteiger partial charge < -0.3 is 9.88 Å². The van der Waals surface area contributed by atoms with Crippen molar-refractivity contribution in [3.8, 4) is 0 Å². The summed E-state index contributed by atoms with van der Waals surface area (Å²) in [6, 6.07) is 9.66. The zero-order valence-corrected chi connectivity index (χ0v) is 12.0. The number of halogens is 3. The molecular weight excluding hydrogens is 300 g/mol. The number of hydrogen-bond donors (Lipinski definition) is 1. The van der Waals surface area contributed by atoms with Crippen molar-refractivity contribution >= 4 is 45.9 Å². The highest BCUT2D eigenvalue weighted by molar-refractivity contribution is 6.39. The first-order valence-corrected chi connectivity index (χ1v) is 6.65. The standard InChI is InChI=1S/C14H10Cl2FN3/c1-20(13-9(15)3-2-4-10(13)16)14-18-11-6-5-8(17)7-12(11)19-14/h2-7H,1H3,(H,18,19). The number of aromatic nitrogens is 2. The highest BCUT2D eigenvalue weighted by Gasteiger charge is 2.15. The number of fused-ring (bicyclic) bond motifs is 1. The van der Waals surface area contributed by atoms with Crippen molar-refractivity contribution in [1.82, 2.24) is 9.97 Å². The first-order valence-electron chi connectivity index (χ1n) is 5.89. The average Bonchev–Trinajstić information content (AvgIpc) is 2.81. The van der Waals surface area contributed by atoms with E-state index in [-0.39, 0.29) is 5.82 Å². The quantitative estimate of drug-likeness (QED) is 0.739. The Balaban J connectivity index is 2.10. The predicted molar refractivity (Wildman–Crippen MR) is 80.6 cm³/mol. The minimum absolute atomic E-state index is 0.314. The lowest BCUT2D eigenvalue weighted by molar-refractivity contribution is 0.629. The Kier molecular flexibility index (Phi) is 3.28. The molecule has 0 spiro atoms. The van der Waals surface area contributed by atoms with Crippen molar-refractivity contribution in [3.63, 3.8) is 0 Å². The van der Waals surface area contributed by atoms with Gasteiger partial charge in [0.15, 0.2) is 0 Å². The van der Waals surface area contributed by atoms with Crippen LogP contribution in [0.25, 0.3) is 11.0 Å². The second kappa shape index (κ2) is 4.96. The molecule has 0 saturated carbocycles. The monoisotopic (exact) mass is 309 g/mol. The maximum atomic E-state index is 13.2. The molecule has 2 aromatic carbocycles. The maximum Gasteiger partial charge on any atom is 0.208 e. The van der Waals surface area contributed by atoms with E-state index >= 15 is 0 Å². The second-order valence-corrected chi connectivity index (χ2v) is 5.17. The maximum absolute atomic E-state index is 13.2. The summed E-state index contributed by atoms with van der Waals surface area (Å²) in [7, 11) is 1.79. The summed E-state index contributed by atoms with van der Waals surface area (Å²) < 4.78 is 13.2. The molecule has 1 N–H and O–H groups in total. The molecule has 0 amide bonds. The van der Waals surface area contributed by atoms with E-state index in [2.05, 4.69) is 9.97 Å². The Morgan fingerprint density at radius 2 is 1.85 bits per heavy atom. The van der Waals surface area contributed by atoms with Crippen LogP contribution in [0.1, 0.15) is 0 Å². The zero-order chi connectivity index (χ0) is 14.3. The number of anilines is 2. The first-order chi connectivity index (χ1) is 9.56. The molecule has 0 fully saturated rings. The molecule has 3 aromatic rings. The Bertz CT molecular complexity index is 765. The fourth-order valence-corrected chi connectivity index (χ4v) is 2.69. The lowest BCUT2D eigenvalue weighted by atomic mass is 10.3. The lowest BCUT2D eigenvalue weighted by Gasteiger charge is -2.18. The van der Waals surface area contributed by atoms with Crippen LogP contribution in [-0.2, 0) is 0 Å². The number of imidazole rings is 1. The number of H-pyrrole nitrogens is 1. The zero-order valence-electron chi connectivity index (χ0n) is 10.5. The Morgan fingerprint density at radius 1 is 1.15 bits per heavy atom. The van der Waals surface area contributed by atoms with Crippen molar-refractivity contribution in [3.05, 3.63) is 52.3 Å². The molecule has 0 aliphatic rings. The van der Waals surface area contributed by atoms with E-state index in [0.717, 1.165) is 0 Å². The van der Waals surface area contributed by atoms with Crippen LogP contribution in [0, 0.1) is 5.82 Å². The van der Waals surface area contributed by atoms with E-state index in [4.69, 9.17) is 23.2 Å². The van der Waals surface area contributed by atoms with E-state index in [1.54, 1.807) is 36.2 Å². The van der Waals surface area contributed by atoms with Crippen LogP contribution in [0.3, 0.4) is 0 Å². The van der Waals surface area contributed by atoms with Gasteiger partial charge in [0.1, 0.15) is 5.82 Å².